The molecule has 0 unspecified atom stereocenters. The van der Waals surface area contributed by atoms with Gasteiger partial charge in [-0.15, -0.1) is 11.8 Å². The zero-order valence-corrected chi connectivity index (χ0v) is 12.2. The number of rotatable bonds is 4. The first-order chi connectivity index (χ1) is 9.78. The van der Waals surface area contributed by atoms with E-state index in [-0.39, 0.29) is 0 Å². The molecule has 3 nitrogen and oxygen atoms in total. The van der Waals surface area contributed by atoms with Crippen LogP contribution in [0.1, 0.15) is 12.6 Å². The van der Waals surface area contributed by atoms with Crippen molar-refractivity contribution >= 4 is 28.4 Å². The Labute approximate surface area is 122 Å². The summed E-state index contributed by atoms with van der Waals surface area (Å²) < 4.78 is 2.06. The van der Waals surface area contributed by atoms with Crippen LogP contribution >= 0.6 is 11.8 Å². The van der Waals surface area contributed by atoms with E-state index < -0.39 is 0 Å². The van der Waals surface area contributed by atoms with Crippen LogP contribution < -0.4 is 5.73 Å². The van der Waals surface area contributed by atoms with Gasteiger partial charge in [-0.25, -0.2) is 0 Å². The largest absolute Gasteiger partial charge is 0.399 e. The number of aryl methyl sites for hydroxylation is 1. The number of nitrogens with two attached hydrogens (primary N) is 1. The van der Waals surface area contributed by atoms with E-state index in [1.54, 1.807) is 11.8 Å². The molecule has 20 heavy (non-hydrogen) atoms. The molecule has 0 radical (unpaired) electrons. The number of hydrogen-bond donors (Lipinski definition) is 1. The molecule has 0 fully saturated rings. The zero-order valence-electron chi connectivity index (χ0n) is 11.4. The summed E-state index contributed by atoms with van der Waals surface area (Å²) >= 11 is 1.79. The second-order valence-electron chi connectivity index (χ2n) is 4.64. The van der Waals surface area contributed by atoms with Crippen molar-refractivity contribution in [2.75, 3.05) is 5.73 Å². The highest BCUT2D eigenvalue weighted by Gasteiger charge is 2.09. The Bertz CT molecular complexity index is 716. The fourth-order valence-electron chi connectivity index (χ4n) is 2.26. The van der Waals surface area contributed by atoms with Gasteiger partial charge in [-0.3, -0.25) is 4.68 Å². The molecule has 4 heteroatoms. The molecule has 0 aliphatic carbocycles. The smallest absolute Gasteiger partial charge is 0.0805 e. The molecule has 0 aliphatic rings. The topological polar surface area (TPSA) is 43.8 Å². The molecule has 2 N–H and O–H groups in total. The van der Waals surface area contributed by atoms with Crippen LogP contribution in [0.15, 0.2) is 53.4 Å². The van der Waals surface area contributed by atoms with Crippen molar-refractivity contribution in [3.05, 3.63) is 54.2 Å². The van der Waals surface area contributed by atoms with E-state index in [0.717, 1.165) is 23.7 Å². The lowest BCUT2D eigenvalue weighted by molar-refractivity contribution is 0.675. The maximum atomic E-state index is 5.70. The number of hydrogen-bond acceptors (Lipinski definition) is 3. The molecule has 2 aromatic carbocycles. The van der Waals surface area contributed by atoms with Crippen molar-refractivity contribution in [2.24, 2.45) is 0 Å². The number of anilines is 1. The van der Waals surface area contributed by atoms with Crippen molar-refractivity contribution in [3.8, 4) is 0 Å². The lowest BCUT2D eigenvalue weighted by atomic mass is 10.2. The van der Waals surface area contributed by atoms with Gasteiger partial charge >= 0.3 is 0 Å². The number of aromatic nitrogens is 2. The van der Waals surface area contributed by atoms with Crippen molar-refractivity contribution in [2.45, 2.75) is 24.1 Å². The highest BCUT2D eigenvalue weighted by Crippen LogP contribution is 2.27. The maximum Gasteiger partial charge on any atom is 0.0805 e. The van der Waals surface area contributed by atoms with E-state index in [4.69, 9.17) is 10.8 Å². The molecular formula is C16H17N3S. The summed E-state index contributed by atoms with van der Waals surface area (Å²) in [4.78, 5) is 1.22. The maximum absolute atomic E-state index is 5.70. The predicted octanol–water partition coefficient (Wildman–Crippen LogP) is 3.93. The number of para-hydroxylation sites is 1. The standard InChI is InChI=1S/C16H17N3S/c1-2-19-16-6-4-3-5-14(16)15(18-19)11-20-13-9-7-12(17)8-10-13/h3-10H,2,11,17H2,1H3. The van der Waals surface area contributed by atoms with Gasteiger partial charge in [0, 0.05) is 28.3 Å². The second kappa shape index (κ2) is 5.59. The first kappa shape index (κ1) is 13.1. The second-order valence-corrected chi connectivity index (χ2v) is 5.69. The Morgan fingerprint density at radius 3 is 2.60 bits per heavy atom. The fourth-order valence-corrected chi connectivity index (χ4v) is 3.10. The average molecular weight is 283 g/mol. The molecule has 0 amide bonds. The van der Waals surface area contributed by atoms with Gasteiger partial charge in [0.05, 0.1) is 11.2 Å². The van der Waals surface area contributed by atoms with E-state index in [1.807, 2.05) is 12.1 Å². The third kappa shape index (κ3) is 2.51. The highest BCUT2D eigenvalue weighted by atomic mass is 32.2. The molecule has 0 bridgehead atoms. The Balaban J connectivity index is 1.85. The molecule has 1 heterocycles. The molecule has 0 aliphatic heterocycles. The van der Waals surface area contributed by atoms with Crippen LogP contribution in [0, 0.1) is 0 Å². The third-order valence-electron chi connectivity index (χ3n) is 3.29. The van der Waals surface area contributed by atoms with Crippen molar-refractivity contribution in [3.63, 3.8) is 0 Å². The van der Waals surface area contributed by atoms with Gasteiger partial charge in [-0.2, -0.15) is 5.10 Å². The molecule has 0 saturated heterocycles. The van der Waals surface area contributed by atoms with Gasteiger partial charge in [0.1, 0.15) is 0 Å². The van der Waals surface area contributed by atoms with Crippen LogP contribution in [0.4, 0.5) is 5.69 Å². The molecule has 102 valence electrons. The van der Waals surface area contributed by atoms with Crippen LogP contribution in [0.5, 0.6) is 0 Å². The SMILES string of the molecule is CCn1nc(CSc2ccc(N)cc2)c2ccccc21. The van der Waals surface area contributed by atoms with E-state index >= 15 is 0 Å². The van der Waals surface area contributed by atoms with Gasteiger partial charge in [-0.05, 0) is 37.3 Å². The van der Waals surface area contributed by atoms with E-state index in [2.05, 4.69) is 48.0 Å². The quantitative estimate of drug-likeness (QED) is 0.583. The van der Waals surface area contributed by atoms with Crippen LogP contribution in [0.2, 0.25) is 0 Å². The van der Waals surface area contributed by atoms with Gasteiger partial charge in [-0.1, -0.05) is 18.2 Å². The summed E-state index contributed by atoms with van der Waals surface area (Å²) in [5, 5.41) is 5.96. The number of benzene rings is 2. The number of thioether (sulfide) groups is 1. The minimum absolute atomic E-state index is 0.801. The zero-order chi connectivity index (χ0) is 13.9. The summed E-state index contributed by atoms with van der Waals surface area (Å²) in [5.41, 5.74) is 8.86. The van der Waals surface area contributed by atoms with Gasteiger partial charge < -0.3 is 5.73 Å². The first-order valence-electron chi connectivity index (χ1n) is 6.70. The molecule has 3 rings (SSSR count). The lowest BCUT2D eigenvalue weighted by Gasteiger charge is -2.00. The third-order valence-corrected chi connectivity index (χ3v) is 4.31. The van der Waals surface area contributed by atoms with E-state index in [1.165, 1.54) is 15.8 Å². The van der Waals surface area contributed by atoms with Crippen LogP contribution in [0.3, 0.4) is 0 Å². The number of nitrogens with zero attached hydrogens (tertiary/aromatic N) is 2. The lowest BCUT2D eigenvalue weighted by Crippen LogP contribution is -1.96. The van der Waals surface area contributed by atoms with E-state index in [0.29, 0.717) is 0 Å². The first-order valence-corrected chi connectivity index (χ1v) is 7.69. The molecule has 0 saturated carbocycles. The van der Waals surface area contributed by atoms with Crippen LogP contribution in [0.25, 0.3) is 10.9 Å². The van der Waals surface area contributed by atoms with Crippen LogP contribution in [-0.2, 0) is 12.3 Å². The highest BCUT2D eigenvalue weighted by molar-refractivity contribution is 7.98. The summed E-state index contributed by atoms with van der Waals surface area (Å²) in [5.74, 6) is 0.872. The van der Waals surface area contributed by atoms with Crippen molar-refractivity contribution in [1.29, 1.82) is 0 Å². The van der Waals surface area contributed by atoms with Gasteiger partial charge in [0.2, 0.25) is 0 Å². The summed E-state index contributed by atoms with van der Waals surface area (Å²) in [6, 6.07) is 16.4. The number of nitrogen functional groups attached to an aromatic ring is 1. The Morgan fingerprint density at radius 2 is 1.85 bits per heavy atom. The van der Waals surface area contributed by atoms with Crippen molar-refractivity contribution in [1.82, 2.24) is 9.78 Å². The summed E-state index contributed by atoms with van der Waals surface area (Å²) in [7, 11) is 0. The minimum atomic E-state index is 0.801. The van der Waals surface area contributed by atoms with Gasteiger partial charge in [0.15, 0.2) is 0 Å². The Morgan fingerprint density at radius 1 is 1.10 bits per heavy atom. The molecule has 0 spiro atoms. The van der Waals surface area contributed by atoms with Crippen LogP contribution in [-0.4, -0.2) is 9.78 Å². The molecule has 0 atom stereocenters. The Kier molecular flexibility index (Phi) is 3.65. The number of fused-ring (bicyclic) bond motifs is 1. The molecule has 3 aromatic rings. The van der Waals surface area contributed by atoms with Gasteiger partial charge in [0.25, 0.3) is 0 Å². The Hall–Kier alpha value is -1.94. The molecule has 1 aromatic heterocycles. The van der Waals surface area contributed by atoms with E-state index in [9.17, 15) is 0 Å². The van der Waals surface area contributed by atoms with Crippen molar-refractivity contribution < 1.29 is 0 Å². The molecular weight excluding hydrogens is 266 g/mol. The normalized spacial score (nSPS) is 11.1. The average Bonchev–Trinajstić information content (AvgIpc) is 2.85. The minimum Gasteiger partial charge on any atom is -0.399 e. The summed E-state index contributed by atoms with van der Waals surface area (Å²) in [6.07, 6.45) is 0. The predicted molar refractivity (Wildman–Crippen MR) is 85.8 cm³/mol. The fraction of sp³-hybridized carbons (Fsp3) is 0.188. The summed E-state index contributed by atoms with van der Waals surface area (Å²) in [6.45, 7) is 3.02. The monoisotopic (exact) mass is 283 g/mol.